The number of rotatable bonds is 4. The summed E-state index contributed by atoms with van der Waals surface area (Å²) in [4.78, 5) is 11.1. The quantitative estimate of drug-likeness (QED) is 0.655. The molecule has 0 aromatic carbocycles. The second-order valence-electron chi connectivity index (χ2n) is 10.7. The number of aliphatic hydroxyl groups is 2. The zero-order valence-electron chi connectivity index (χ0n) is 21.5. The molecule has 4 aliphatic rings. The van der Waals surface area contributed by atoms with Crippen molar-refractivity contribution in [1.29, 1.82) is 0 Å². The van der Waals surface area contributed by atoms with E-state index in [1.165, 1.54) is 0 Å². The van der Waals surface area contributed by atoms with Crippen LogP contribution in [-0.4, -0.2) is 33.5 Å². The highest BCUT2D eigenvalue weighted by Gasteiger charge is 2.62. The minimum Gasteiger partial charge on any atom is -0.481 e. The van der Waals surface area contributed by atoms with E-state index in [2.05, 4.69) is 13.8 Å². The third-order valence-corrected chi connectivity index (χ3v) is 9.51. The molecular weight excluding hydrogens is 352 g/mol. The maximum atomic E-state index is 11.3. The van der Waals surface area contributed by atoms with Crippen LogP contribution in [0.4, 0.5) is 0 Å². The molecule has 28 heavy (non-hydrogen) atoms. The molecule has 0 aliphatic heterocycles. The molecule has 3 N–H and O–H groups in total. The van der Waals surface area contributed by atoms with Gasteiger partial charge in [-0.2, -0.15) is 0 Å². The Bertz CT molecular complexity index is 760. The first-order valence-electron chi connectivity index (χ1n) is 13.2. The van der Waals surface area contributed by atoms with E-state index in [0.717, 1.165) is 25.7 Å². The molecule has 4 saturated carbocycles. The Hall–Kier alpha value is -0.610. The first kappa shape index (κ1) is 16.1. The molecule has 4 aliphatic carbocycles. The number of aliphatic hydroxyl groups excluding tert-OH is 2. The summed E-state index contributed by atoms with van der Waals surface area (Å²) in [5.74, 6) is -0.291. The zero-order chi connectivity index (χ0) is 23.9. The standard InChI is InChI=1S/C24H40O4/c1-14(4-7-21(27)28)17-5-6-18-22-19(9-11-24(17,18)3)23(2)10-8-16(25)12-15(23)13-20(22)26/h14-20,22,25-26H,4-13H2,1-3H3,(H,27,28)/t14-,15+,16-,17-,18+,19+,20+,22+,23+,24-/m1/s1/i8D2,12D2. The van der Waals surface area contributed by atoms with Crippen molar-refractivity contribution in [3.05, 3.63) is 0 Å². The minimum atomic E-state index is -2.08. The molecule has 4 nitrogen and oxygen atoms in total. The van der Waals surface area contributed by atoms with Crippen LogP contribution in [0, 0.1) is 46.3 Å². The molecule has 0 amide bonds. The summed E-state index contributed by atoms with van der Waals surface area (Å²) in [6, 6.07) is 0. The summed E-state index contributed by atoms with van der Waals surface area (Å²) < 4.78 is 34.0. The van der Waals surface area contributed by atoms with E-state index in [1.807, 2.05) is 6.92 Å². The van der Waals surface area contributed by atoms with Crippen molar-refractivity contribution in [3.8, 4) is 0 Å². The van der Waals surface area contributed by atoms with Gasteiger partial charge in [-0.1, -0.05) is 20.8 Å². The number of aliphatic carboxylic acids is 1. The van der Waals surface area contributed by atoms with E-state index in [4.69, 9.17) is 10.6 Å². The molecule has 160 valence electrons. The third kappa shape index (κ3) is 3.14. The van der Waals surface area contributed by atoms with Crippen LogP contribution in [0.15, 0.2) is 0 Å². The van der Waals surface area contributed by atoms with E-state index in [0.29, 0.717) is 18.3 Å². The maximum Gasteiger partial charge on any atom is 0.303 e. The van der Waals surface area contributed by atoms with Gasteiger partial charge in [0.25, 0.3) is 0 Å². The molecule has 0 spiro atoms. The molecule has 0 saturated heterocycles. The summed E-state index contributed by atoms with van der Waals surface area (Å²) in [6.07, 6.45) is -1.38. The van der Waals surface area contributed by atoms with E-state index in [1.54, 1.807) is 0 Å². The second-order valence-corrected chi connectivity index (χ2v) is 10.7. The highest BCUT2D eigenvalue weighted by atomic mass is 16.4. The third-order valence-electron chi connectivity index (χ3n) is 9.51. The molecule has 4 heteroatoms. The van der Waals surface area contributed by atoms with Crippen LogP contribution < -0.4 is 0 Å². The molecule has 4 rings (SSSR count). The number of carboxylic acids is 1. The summed E-state index contributed by atoms with van der Waals surface area (Å²) >= 11 is 0. The van der Waals surface area contributed by atoms with Crippen molar-refractivity contribution in [2.75, 3.05) is 0 Å². The van der Waals surface area contributed by atoms with Crippen LogP contribution in [0.25, 0.3) is 0 Å². The maximum absolute atomic E-state index is 11.3. The van der Waals surface area contributed by atoms with Crippen molar-refractivity contribution in [3.63, 3.8) is 0 Å². The zero-order valence-corrected chi connectivity index (χ0v) is 17.5. The first-order valence-corrected chi connectivity index (χ1v) is 11.2. The lowest BCUT2D eigenvalue weighted by molar-refractivity contribution is -0.174. The molecule has 0 aromatic heterocycles. The smallest absolute Gasteiger partial charge is 0.303 e. The van der Waals surface area contributed by atoms with Crippen LogP contribution in [0.3, 0.4) is 0 Å². The number of fused-ring (bicyclic) bond motifs is 5. The van der Waals surface area contributed by atoms with Crippen molar-refractivity contribution in [2.24, 2.45) is 46.3 Å². The van der Waals surface area contributed by atoms with Gasteiger partial charge in [0, 0.05) is 11.9 Å². The number of carboxylic acid groups (broad SMARTS) is 1. The lowest BCUT2D eigenvalue weighted by atomic mass is 9.43. The van der Waals surface area contributed by atoms with Crippen LogP contribution in [-0.2, 0) is 4.79 Å². The van der Waals surface area contributed by atoms with E-state index < -0.39 is 42.3 Å². The summed E-state index contributed by atoms with van der Waals surface area (Å²) in [5.41, 5.74) is -0.583. The summed E-state index contributed by atoms with van der Waals surface area (Å²) in [7, 11) is 0. The van der Waals surface area contributed by atoms with Gasteiger partial charge in [-0.05, 0) is 104 Å². The van der Waals surface area contributed by atoms with Crippen molar-refractivity contribution in [1.82, 2.24) is 0 Å². The fourth-order valence-corrected chi connectivity index (χ4v) is 8.03. The molecule has 0 aromatic rings. The first-order chi connectivity index (χ1) is 14.7. The van der Waals surface area contributed by atoms with Crippen molar-refractivity contribution < 1.29 is 25.6 Å². The molecule has 4 fully saturated rings. The largest absolute Gasteiger partial charge is 0.481 e. The molecular formula is C24H40O4. The highest BCUT2D eigenvalue weighted by Crippen LogP contribution is 2.68. The fraction of sp³-hybridized carbons (Fsp3) is 0.958. The number of carbonyl (C=O) groups is 1. The van der Waals surface area contributed by atoms with Gasteiger partial charge < -0.3 is 15.3 Å². The highest BCUT2D eigenvalue weighted by molar-refractivity contribution is 5.66. The van der Waals surface area contributed by atoms with Gasteiger partial charge in [-0.25, -0.2) is 0 Å². The van der Waals surface area contributed by atoms with Crippen LogP contribution in [0.5, 0.6) is 0 Å². The van der Waals surface area contributed by atoms with Crippen LogP contribution in [0.1, 0.15) is 90.4 Å². The van der Waals surface area contributed by atoms with Crippen molar-refractivity contribution >= 4 is 5.97 Å². The van der Waals surface area contributed by atoms with Gasteiger partial charge in [0.15, 0.2) is 0 Å². The Morgan fingerprint density at radius 1 is 1.14 bits per heavy atom. The van der Waals surface area contributed by atoms with Crippen LogP contribution in [0.2, 0.25) is 0 Å². The monoisotopic (exact) mass is 396 g/mol. The Balaban J connectivity index is 1.64. The Labute approximate surface area is 175 Å². The lowest BCUT2D eigenvalue weighted by Gasteiger charge is -2.62. The Morgan fingerprint density at radius 2 is 1.86 bits per heavy atom. The van der Waals surface area contributed by atoms with E-state index >= 15 is 0 Å². The number of hydrogen-bond donors (Lipinski definition) is 3. The van der Waals surface area contributed by atoms with Crippen molar-refractivity contribution in [2.45, 2.75) is 97.1 Å². The molecule has 0 heterocycles. The fourth-order valence-electron chi connectivity index (χ4n) is 8.03. The van der Waals surface area contributed by atoms with Gasteiger partial charge in [-0.15, -0.1) is 0 Å². The Kier molecular flexibility index (Phi) is 4.19. The molecule has 10 atom stereocenters. The molecule has 0 radical (unpaired) electrons. The normalized spacial score (nSPS) is 57.4. The number of hydrogen-bond acceptors (Lipinski definition) is 3. The summed E-state index contributed by atoms with van der Waals surface area (Å²) in [5, 5.41) is 31.0. The van der Waals surface area contributed by atoms with E-state index in [-0.39, 0.29) is 42.4 Å². The second kappa shape index (κ2) is 7.27. The molecule has 0 unspecified atom stereocenters. The van der Waals surface area contributed by atoms with Gasteiger partial charge in [0.2, 0.25) is 0 Å². The van der Waals surface area contributed by atoms with Gasteiger partial charge in [0.1, 0.15) is 0 Å². The van der Waals surface area contributed by atoms with Gasteiger partial charge >= 0.3 is 5.97 Å². The van der Waals surface area contributed by atoms with Crippen LogP contribution >= 0.6 is 0 Å². The minimum absolute atomic E-state index is 0.00789. The predicted octanol–water partition coefficient (Wildman–Crippen LogP) is 4.48. The summed E-state index contributed by atoms with van der Waals surface area (Å²) in [6.45, 7) is 6.48. The SMILES string of the molecule is [2H]C1([2H])C[C@@]2(C)[C@H](C[C@H](O)[C@@H]3[C@@H]2CC[C@]2(C)[C@@H]([C@H](C)CCC(=O)O)CC[C@@H]32)C([2H])([2H])[C@@H]1O. The van der Waals surface area contributed by atoms with Gasteiger partial charge in [-0.3, -0.25) is 4.79 Å². The average molecular weight is 397 g/mol. The Morgan fingerprint density at radius 3 is 2.57 bits per heavy atom. The molecule has 0 bridgehead atoms. The average Bonchev–Trinajstić information content (AvgIpc) is 3.03. The predicted molar refractivity (Wildman–Crippen MR) is 109 cm³/mol. The van der Waals surface area contributed by atoms with E-state index in [9.17, 15) is 15.0 Å². The topological polar surface area (TPSA) is 77.8 Å². The lowest BCUT2D eigenvalue weighted by Crippen LogP contribution is -2.58. The van der Waals surface area contributed by atoms with Gasteiger partial charge in [0.05, 0.1) is 12.2 Å².